The second kappa shape index (κ2) is 5.50. The molecule has 3 rings (SSSR count). The van der Waals surface area contributed by atoms with E-state index in [9.17, 15) is 10.2 Å². The van der Waals surface area contributed by atoms with Crippen LogP contribution in [0.3, 0.4) is 0 Å². The van der Waals surface area contributed by atoms with Crippen molar-refractivity contribution in [3.8, 4) is 22.6 Å². The van der Waals surface area contributed by atoms with Crippen LogP contribution in [-0.4, -0.2) is 17.3 Å². The highest BCUT2D eigenvalue weighted by molar-refractivity contribution is 5.85. The van der Waals surface area contributed by atoms with Gasteiger partial charge in [0, 0.05) is 5.56 Å². The molecule has 0 spiro atoms. The first-order valence-electron chi connectivity index (χ1n) is 7.40. The summed E-state index contributed by atoms with van der Waals surface area (Å²) in [6.07, 6.45) is 3.46. The van der Waals surface area contributed by atoms with Gasteiger partial charge in [-0.25, -0.2) is 0 Å². The van der Waals surface area contributed by atoms with E-state index in [2.05, 4.69) is 6.58 Å². The molecule has 0 atom stereocenters. The molecule has 0 radical (unpaired) electrons. The zero-order valence-electron chi connectivity index (χ0n) is 12.9. The number of aliphatic hydroxyl groups excluding tert-OH is 1. The first kappa shape index (κ1) is 14.7. The van der Waals surface area contributed by atoms with Crippen molar-refractivity contribution in [1.29, 1.82) is 0 Å². The van der Waals surface area contributed by atoms with Crippen LogP contribution in [0.2, 0.25) is 0 Å². The lowest BCUT2D eigenvalue weighted by molar-refractivity contribution is 0.272. The number of phenols is 1. The standard InChI is InChI=1S/C19H20O3/c1-4-13-11(2)17(21)9-12-5-6-14-15(19(12)13)7-8-18(22-3)16(14)10-20/h4,7-9,20-21H,1,5-6,10H2,2-3H3. The van der Waals surface area contributed by atoms with Gasteiger partial charge in [-0.15, -0.1) is 0 Å². The molecule has 0 amide bonds. The zero-order chi connectivity index (χ0) is 15.9. The Morgan fingerprint density at radius 1 is 1.32 bits per heavy atom. The molecule has 0 aromatic heterocycles. The Kier molecular flexibility index (Phi) is 3.67. The number of hydrogen-bond acceptors (Lipinski definition) is 3. The fourth-order valence-electron chi connectivity index (χ4n) is 3.43. The molecule has 2 N–H and O–H groups in total. The Morgan fingerprint density at radius 2 is 2.09 bits per heavy atom. The van der Waals surface area contributed by atoms with Crippen LogP contribution in [0.4, 0.5) is 0 Å². The fraction of sp³-hybridized carbons (Fsp3) is 0.263. The van der Waals surface area contributed by atoms with Gasteiger partial charge in [-0.2, -0.15) is 0 Å². The summed E-state index contributed by atoms with van der Waals surface area (Å²) in [6, 6.07) is 5.78. The normalized spacial score (nSPS) is 12.5. The number of hydrogen-bond donors (Lipinski definition) is 2. The highest BCUT2D eigenvalue weighted by Crippen LogP contribution is 2.43. The Morgan fingerprint density at radius 3 is 2.73 bits per heavy atom. The van der Waals surface area contributed by atoms with E-state index in [0.717, 1.165) is 57.5 Å². The molecule has 0 fully saturated rings. The molecule has 0 aliphatic heterocycles. The number of rotatable bonds is 3. The summed E-state index contributed by atoms with van der Waals surface area (Å²) >= 11 is 0. The topological polar surface area (TPSA) is 49.7 Å². The molecule has 2 aromatic carbocycles. The molecule has 0 heterocycles. The molecule has 3 nitrogen and oxygen atoms in total. The molecule has 2 aromatic rings. The smallest absolute Gasteiger partial charge is 0.124 e. The van der Waals surface area contributed by atoms with Crippen molar-refractivity contribution in [1.82, 2.24) is 0 Å². The number of methoxy groups -OCH3 is 1. The Bertz CT molecular complexity index is 760. The first-order chi connectivity index (χ1) is 10.6. The second-order valence-corrected chi connectivity index (χ2v) is 5.60. The van der Waals surface area contributed by atoms with E-state index in [0.29, 0.717) is 5.75 Å². The maximum atomic E-state index is 10.1. The highest BCUT2D eigenvalue weighted by atomic mass is 16.5. The molecular weight excluding hydrogens is 276 g/mol. The number of ether oxygens (including phenoxy) is 1. The largest absolute Gasteiger partial charge is 0.508 e. The van der Waals surface area contributed by atoms with Crippen molar-refractivity contribution in [3.05, 3.63) is 52.6 Å². The maximum Gasteiger partial charge on any atom is 0.124 e. The number of fused-ring (bicyclic) bond motifs is 3. The molecule has 1 aliphatic carbocycles. The summed E-state index contributed by atoms with van der Waals surface area (Å²) in [5.74, 6) is 1.04. The molecule has 1 aliphatic rings. The summed E-state index contributed by atoms with van der Waals surface area (Å²) < 4.78 is 5.37. The number of phenolic OH excluding ortho intramolecular Hbond substituents is 1. The third-order valence-corrected chi connectivity index (χ3v) is 4.57. The summed E-state index contributed by atoms with van der Waals surface area (Å²) in [4.78, 5) is 0. The van der Waals surface area contributed by atoms with E-state index in [-0.39, 0.29) is 6.61 Å². The van der Waals surface area contributed by atoms with Crippen molar-refractivity contribution in [2.75, 3.05) is 7.11 Å². The molecule has 22 heavy (non-hydrogen) atoms. The predicted octanol–water partition coefficient (Wildman–Crippen LogP) is 3.61. The minimum absolute atomic E-state index is 0.0395. The van der Waals surface area contributed by atoms with Gasteiger partial charge in [0.25, 0.3) is 0 Å². The van der Waals surface area contributed by atoms with Gasteiger partial charge in [0.15, 0.2) is 0 Å². The Hall–Kier alpha value is -2.26. The van der Waals surface area contributed by atoms with Gasteiger partial charge in [0.1, 0.15) is 11.5 Å². The monoisotopic (exact) mass is 296 g/mol. The van der Waals surface area contributed by atoms with Crippen LogP contribution in [-0.2, 0) is 19.4 Å². The molecule has 0 saturated heterocycles. The van der Waals surface area contributed by atoms with Gasteiger partial charge in [-0.05, 0) is 65.3 Å². The lowest BCUT2D eigenvalue weighted by atomic mass is 9.79. The summed E-state index contributed by atoms with van der Waals surface area (Å²) in [5.41, 5.74) is 7.12. The lowest BCUT2D eigenvalue weighted by Crippen LogP contribution is -2.10. The van der Waals surface area contributed by atoms with Gasteiger partial charge < -0.3 is 14.9 Å². The fourth-order valence-corrected chi connectivity index (χ4v) is 3.43. The second-order valence-electron chi connectivity index (χ2n) is 5.60. The van der Waals surface area contributed by atoms with E-state index < -0.39 is 0 Å². The van der Waals surface area contributed by atoms with E-state index in [1.54, 1.807) is 13.2 Å². The van der Waals surface area contributed by atoms with Gasteiger partial charge >= 0.3 is 0 Å². The third-order valence-electron chi connectivity index (χ3n) is 4.57. The van der Waals surface area contributed by atoms with Gasteiger partial charge in [-0.3, -0.25) is 0 Å². The van der Waals surface area contributed by atoms with Crippen molar-refractivity contribution < 1.29 is 14.9 Å². The number of benzene rings is 2. The van der Waals surface area contributed by atoms with Crippen LogP contribution in [0.25, 0.3) is 17.2 Å². The van der Waals surface area contributed by atoms with Crippen LogP contribution < -0.4 is 4.74 Å². The molecule has 114 valence electrons. The van der Waals surface area contributed by atoms with Crippen molar-refractivity contribution in [2.45, 2.75) is 26.4 Å². The number of aliphatic hydroxyl groups is 1. The van der Waals surface area contributed by atoms with Gasteiger partial charge in [-0.1, -0.05) is 18.7 Å². The summed E-state index contributed by atoms with van der Waals surface area (Å²) in [6.45, 7) is 5.77. The lowest BCUT2D eigenvalue weighted by Gasteiger charge is -2.26. The molecule has 0 saturated carbocycles. The van der Waals surface area contributed by atoms with Crippen LogP contribution in [0.5, 0.6) is 11.5 Å². The van der Waals surface area contributed by atoms with Crippen molar-refractivity contribution >= 4 is 6.08 Å². The SMILES string of the molecule is C=Cc1c(C)c(O)cc2c1-c1ccc(OC)c(CO)c1CC2. The average molecular weight is 296 g/mol. The van der Waals surface area contributed by atoms with Crippen LogP contribution in [0, 0.1) is 6.92 Å². The van der Waals surface area contributed by atoms with Crippen LogP contribution >= 0.6 is 0 Å². The minimum atomic E-state index is -0.0395. The van der Waals surface area contributed by atoms with E-state index in [1.165, 1.54) is 0 Å². The Balaban J connectivity index is 2.35. The van der Waals surface area contributed by atoms with Gasteiger partial charge in [0.2, 0.25) is 0 Å². The van der Waals surface area contributed by atoms with E-state index in [1.807, 2.05) is 25.1 Å². The van der Waals surface area contributed by atoms with Crippen LogP contribution in [0.1, 0.15) is 27.8 Å². The highest BCUT2D eigenvalue weighted by Gasteiger charge is 2.24. The quantitative estimate of drug-likeness (QED) is 0.909. The minimum Gasteiger partial charge on any atom is -0.508 e. The van der Waals surface area contributed by atoms with Crippen molar-refractivity contribution in [2.24, 2.45) is 0 Å². The number of aryl methyl sites for hydroxylation is 1. The van der Waals surface area contributed by atoms with Gasteiger partial charge in [0.05, 0.1) is 13.7 Å². The molecule has 0 unspecified atom stereocenters. The summed E-state index contributed by atoms with van der Waals surface area (Å²) in [7, 11) is 1.62. The van der Waals surface area contributed by atoms with Crippen LogP contribution in [0.15, 0.2) is 24.8 Å². The first-order valence-corrected chi connectivity index (χ1v) is 7.40. The van der Waals surface area contributed by atoms with E-state index >= 15 is 0 Å². The zero-order valence-corrected chi connectivity index (χ0v) is 12.9. The average Bonchev–Trinajstić information content (AvgIpc) is 2.54. The molecule has 3 heteroatoms. The third kappa shape index (κ3) is 2.01. The maximum absolute atomic E-state index is 10.1. The molecule has 0 bridgehead atoms. The predicted molar refractivity (Wildman–Crippen MR) is 88.3 cm³/mol. The summed E-state index contributed by atoms with van der Waals surface area (Å²) in [5, 5.41) is 19.8. The number of aromatic hydroxyl groups is 1. The molecular formula is C19H20O3. The Labute approximate surface area is 130 Å². The van der Waals surface area contributed by atoms with E-state index in [4.69, 9.17) is 4.74 Å². The van der Waals surface area contributed by atoms with Crippen molar-refractivity contribution in [3.63, 3.8) is 0 Å².